The first-order valence-corrected chi connectivity index (χ1v) is 5.76. The summed E-state index contributed by atoms with van der Waals surface area (Å²) in [4.78, 5) is 22.3. The Morgan fingerprint density at radius 1 is 1.37 bits per heavy atom. The maximum atomic E-state index is 11.3. The maximum absolute atomic E-state index is 11.3. The Kier molecular flexibility index (Phi) is 2.56. The van der Waals surface area contributed by atoms with Gasteiger partial charge in [-0.05, 0) is 30.2 Å². The first kappa shape index (κ1) is 11.5. The number of aromatic nitrogens is 1. The number of aryl methyl sites for hydroxylation is 1. The lowest BCUT2D eigenvalue weighted by atomic mass is 9.98. The van der Waals surface area contributed by atoms with Crippen LogP contribution in [0.15, 0.2) is 28.9 Å². The van der Waals surface area contributed by atoms with Gasteiger partial charge in [0.15, 0.2) is 5.76 Å². The summed E-state index contributed by atoms with van der Waals surface area (Å²) < 4.78 is 5.01. The van der Waals surface area contributed by atoms with Crippen molar-refractivity contribution in [3.05, 3.63) is 35.5 Å². The second kappa shape index (κ2) is 4.24. The van der Waals surface area contributed by atoms with Crippen LogP contribution in [0.25, 0.3) is 11.3 Å². The fourth-order valence-corrected chi connectivity index (χ4v) is 2.12. The zero-order valence-electron chi connectivity index (χ0n) is 9.84. The molecule has 19 heavy (non-hydrogen) atoms. The second-order valence-electron chi connectivity index (χ2n) is 4.29. The highest BCUT2D eigenvalue weighted by Gasteiger charge is 2.20. The van der Waals surface area contributed by atoms with Crippen molar-refractivity contribution in [3.8, 4) is 11.3 Å². The minimum Gasteiger partial charge on any atom is -0.477 e. The topological polar surface area (TPSA) is 92.4 Å². The standard InChI is InChI=1S/C13H10N2O4/c16-11-4-2-7-5-8(1-3-10(7)15-11)12-9(13(17)18)6-14-19-12/h1,3,5-6H,2,4H2,(H,15,16)(H,17,18). The van der Waals surface area contributed by atoms with Gasteiger partial charge < -0.3 is 14.9 Å². The highest BCUT2D eigenvalue weighted by Crippen LogP contribution is 2.30. The number of benzene rings is 1. The predicted octanol–water partition coefficient (Wildman–Crippen LogP) is 1.92. The molecule has 0 radical (unpaired) electrons. The molecule has 0 fully saturated rings. The van der Waals surface area contributed by atoms with Crippen LogP contribution in [0.3, 0.4) is 0 Å². The quantitative estimate of drug-likeness (QED) is 0.858. The van der Waals surface area contributed by atoms with Crippen molar-refractivity contribution in [1.82, 2.24) is 5.16 Å². The van der Waals surface area contributed by atoms with Gasteiger partial charge in [-0.3, -0.25) is 4.79 Å². The van der Waals surface area contributed by atoms with E-state index in [1.165, 1.54) is 6.20 Å². The SMILES string of the molecule is O=C1CCc2cc(-c3oncc3C(=O)O)ccc2N1. The van der Waals surface area contributed by atoms with Crippen molar-refractivity contribution in [2.24, 2.45) is 0 Å². The van der Waals surface area contributed by atoms with E-state index >= 15 is 0 Å². The Balaban J connectivity index is 2.05. The number of carbonyl (C=O) groups is 2. The van der Waals surface area contributed by atoms with E-state index in [1.807, 2.05) is 6.07 Å². The summed E-state index contributed by atoms with van der Waals surface area (Å²) >= 11 is 0. The molecular formula is C13H10N2O4. The highest BCUT2D eigenvalue weighted by molar-refractivity contribution is 5.96. The van der Waals surface area contributed by atoms with Crippen LogP contribution in [0.1, 0.15) is 22.3 Å². The Morgan fingerprint density at radius 2 is 2.21 bits per heavy atom. The average molecular weight is 258 g/mol. The molecule has 0 saturated carbocycles. The molecule has 0 saturated heterocycles. The van der Waals surface area contributed by atoms with Crippen molar-refractivity contribution < 1.29 is 19.2 Å². The van der Waals surface area contributed by atoms with Crippen LogP contribution in [0.4, 0.5) is 5.69 Å². The van der Waals surface area contributed by atoms with Crippen LogP contribution < -0.4 is 5.32 Å². The monoisotopic (exact) mass is 258 g/mol. The van der Waals surface area contributed by atoms with E-state index in [0.29, 0.717) is 18.4 Å². The lowest BCUT2D eigenvalue weighted by Crippen LogP contribution is -2.18. The summed E-state index contributed by atoms with van der Waals surface area (Å²) in [5.41, 5.74) is 2.39. The molecule has 1 aliphatic heterocycles. The minimum absolute atomic E-state index is 0.00820. The first-order valence-electron chi connectivity index (χ1n) is 5.76. The predicted molar refractivity (Wildman–Crippen MR) is 65.8 cm³/mol. The van der Waals surface area contributed by atoms with Gasteiger partial charge >= 0.3 is 5.97 Å². The summed E-state index contributed by atoms with van der Waals surface area (Å²) in [6, 6.07) is 5.27. The number of rotatable bonds is 2. The molecule has 0 spiro atoms. The molecule has 1 amide bonds. The smallest absolute Gasteiger partial charge is 0.341 e. The van der Waals surface area contributed by atoms with E-state index in [4.69, 9.17) is 9.63 Å². The van der Waals surface area contributed by atoms with Gasteiger partial charge in [0.2, 0.25) is 5.91 Å². The van der Waals surface area contributed by atoms with Gasteiger partial charge in [0.05, 0.1) is 6.20 Å². The van der Waals surface area contributed by atoms with Gasteiger partial charge in [-0.25, -0.2) is 4.79 Å². The van der Waals surface area contributed by atoms with Crippen LogP contribution in [-0.4, -0.2) is 22.1 Å². The Hall–Kier alpha value is -2.63. The zero-order valence-corrected chi connectivity index (χ0v) is 9.84. The number of nitrogens with zero attached hydrogens (tertiary/aromatic N) is 1. The third kappa shape index (κ3) is 1.97. The maximum Gasteiger partial charge on any atom is 0.341 e. The molecule has 1 aromatic carbocycles. The van der Waals surface area contributed by atoms with E-state index in [9.17, 15) is 9.59 Å². The molecule has 2 N–H and O–H groups in total. The molecule has 6 nitrogen and oxygen atoms in total. The van der Waals surface area contributed by atoms with E-state index in [0.717, 1.165) is 11.3 Å². The molecule has 0 unspecified atom stereocenters. The van der Waals surface area contributed by atoms with Gasteiger partial charge in [-0.1, -0.05) is 5.16 Å². The lowest BCUT2D eigenvalue weighted by Gasteiger charge is -2.17. The van der Waals surface area contributed by atoms with Gasteiger partial charge in [0.25, 0.3) is 0 Å². The van der Waals surface area contributed by atoms with Crippen LogP contribution in [0.2, 0.25) is 0 Å². The number of hydrogen-bond donors (Lipinski definition) is 2. The molecule has 0 aliphatic carbocycles. The average Bonchev–Trinajstić information content (AvgIpc) is 2.87. The van der Waals surface area contributed by atoms with Crippen LogP contribution in [0, 0.1) is 0 Å². The van der Waals surface area contributed by atoms with Gasteiger partial charge in [0.1, 0.15) is 5.56 Å². The van der Waals surface area contributed by atoms with Crippen LogP contribution in [-0.2, 0) is 11.2 Å². The largest absolute Gasteiger partial charge is 0.477 e. The van der Waals surface area contributed by atoms with Gasteiger partial charge in [-0.2, -0.15) is 0 Å². The van der Waals surface area contributed by atoms with Gasteiger partial charge in [0, 0.05) is 17.7 Å². The molecule has 1 aromatic heterocycles. The number of amides is 1. The van der Waals surface area contributed by atoms with E-state index < -0.39 is 5.97 Å². The van der Waals surface area contributed by atoms with Crippen molar-refractivity contribution >= 4 is 17.6 Å². The zero-order chi connectivity index (χ0) is 13.4. The fraction of sp³-hybridized carbons (Fsp3) is 0.154. The lowest BCUT2D eigenvalue weighted by molar-refractivity contribution is -0.116. The van der Waals surface area contributed by atoms with Crippen LogP contribution >= 0.6 is 0 Å². The Morgan fingerprint density at radius 3 is 3.00 bits per heavy atom. The number of carboxylic acid groups (broad SMARTS) is 1. The minimum atomic E-state index is -1.08. The number of carboxylic acids is 1. The van der Waals surface area contributed by atoms with Gasteiger partial charge in [-0.15, -0.1) is 0 Å². The first-order chi connectivity index (χ1) is 9.15. The van der Waals surface area contributed by atoms with Crippen molar-refractivity contribution in [3.63, 3.8) is 0 Å². The third-order valence-electron chi connectivity index (χ3n) is 3.06. The van der Waals surface area contributed by atoms with E-state index in [-0.39, 0.29) is 17.2 Å². The number of fused-ring (bicyclic) bond motifs is 1. The fourth-order valence-electron chi connectivity index (χ4n) is 2.12. The third-order valence-corrected chi connectivity index (χ3v) is 3.06. The Labute approximate surface area is 108 Å². The van der Waals surface area contributed by atoms with Crippen LogP contribution in [0.5, 0.6) is 0 Å². The number of anilines is 1. The molecule has 2 aromatic rings. The summed E-state index contributed by atoms with van der Waals surface area (Å²) in [5, 5.41) is 15.3. The number of nitrogens with one attached hydrogen (secondary N) is 1. The van der Waals surface area contributed by atoms with E-state index in [1.54, 1.807) is 12.1 Å². The van der Waals surface area contributed by atoms with Crippen molar-refractivity contribution in [2.45, 2.75) is 12.8 Å². The number of carbonyl (C=O) groups excluding carboxylic acids is 1. The summed E-state index contributed by atoms with van der Waals surface area (Å²) in [6.07, 6.45) is 2.24. The molecule has 3 rings (SSSR count). The number of hydrogen-bond acceptors (Lipinski definition) is 4. The summed E-state index contributed by atoms with van der Waals surface area (Å²) in [7, 11) is 0. The normalized spacial score (nSPS) is 13.8. The molecule has 0 bridgehead atoms. The van der Waals surface area contributed by atoms with E-state index in [2.05, 4.69) is 10.5 Å². The highest BCUT2D eigenvalue weighted by atomic mass is 16.5. The molecule has 6 heteroatoms. The molecular weight excluding hydrogens is 248 g/mol. The second-order valence-corrected chi connectivity index (χ2v) is 4.29. The molecule has 2 heterocycles. The van der Waals surface area contributed by atoms with Crippen molar-refractivity contribution in [1.29, 1.82) is 0 Å². The summed E-state index contributed by atoms with van der Waals surface area (Å²) in [6.45, 7) is 0. The summed E-state index contributed by atoms with van der Waals surface area (Å²) in [5.74, 6) is -0.861. The van der Waals surface area contributed by atoms with Crippen molar-refractivity contribution in [2.75, 3.05) is 5.32 Å². The molecule has 1 aliphatic rings. The Bertz CT molecular complexity index is 675. The number of aromatic carboxylic acids is 1. The molecule has 96 valence electrons. The molecule has 0 atom stereocenters.